The molecule has 14 heavy (non-hydrogen) atoms. The molecule has 0 aromatic rings. The van der Waals surface area contributed by atoms with E-state index in [9.17, 15) is 4.79 Å². The van der Waals surface area contributed by atoms with Crippen LogP contribution in [0.1, 0.15) is 26.7 Å². The molecule has 0 saturated carbocycles. The zero-order valence-corrected chi connectivity index (χ0v) is 9.69. The van der Waals surface area contributed by atoms with Crippen LogP contribution in [0, 0.1) is 0 Å². The first-order valence-corrected chi connectivity index (χ1v) is 6.18. The van der Waals surface area contributed by atoms with Crippen molar-refractivity contribution in [2.45, 2.75) is 31.4 Å². The summed E-state index contributed by atoms with van der Waals surface area (Å²) in [5.41, 5.74) is 1.27. The second-order valence-electron chi connectivity index (χ2n) is 4.63. The number of nitrogens with zero attached hydrogens (tertiary/aromatic N) is 1. The van der Waals surface area contributed by atoms with Crippen molar-refractivity contribution in [1.29, 1.82) is 0 Å². The topological polar surface area (TPSA) is 20.3 Å². The quantitative estimate of drug-likeness (QED) is 0.662. The average molecular weight is 211 g/mol. The first-order valence-electron chi connectivity index (χ1n) is 5.19. The number of ketones is 1. The van der Waals surface area contributed by atoms with Crippen molar-refractivity contribution in [3.63, 3.8) is 0 Å². The molecule has 3 heteroatoms. The molecule has 0 spiro atoms. The molecule has 1 aliphatic heterocycles. The fourth-order valence-electron chi connectivity index (χ4n) is 2.09. The summed E-state index contributed by atoms with van der Waals surface area (Å²) in [6, 6.07) is 0. The first kappa shape index (κ1) is 10.1. The fraction of sp³-hybridized carbons (Fsp3) is 0.727. The smallest absolute Gasteiger partial charge is 0.157 e. The molecule has 0 unspecified atom stereocenters. The maximum Gasteiger partial charge on any atom is 0.157 e. The van der Waals surface area contributed by atoms with Gasteiger partial charge in [0, 0.05) is 41.8 Å². The van der Waals surface area contributed by atoms with Crippen LogP contribution in [0.15, 0.2) is 11.8 Å². The van der Waals surface area contributed by atoms with Gasteiger partial charge in [0.25, 0.3) is 0 Å². The Labute approximate surface area is 89.7 Å². The van der Waals surface area contributed by atoms with E-state index in [1.165, 1.54) is 11.4 Å². The highest BCUT2D eigenvalue weighted by atomic mass is 32.2. The minimum Gasteiger partial charge on any atom is -0.373 e. The van der Waals surface area contributed by atoms with Gasteiger partial charge < -0.3 is 4.90 Å². The Morgan fingerprint density at radius 3 is 2.79 bits per heavy atom. The molecule has 0 aromatic carbocycles. The summed E-state index contributed by atoms with van der Waals surface area (Å²) < 4.78 is 0.338. The minimum absolute atomic E-state index is 0.302. The molecule has 0 aromatic heterocycles. The van der Waals surface area contributed by atoms with Gasteiger partial charge in [0.2, 0.25) is 0 Å². The standard InChI is InChI=1S/C11H17NOS/c1-11(2)8-12(5-6-14-11)9-3-4-10(13)7-9/h7H,3-6,8H2,1-2H3. The molecule has 78 valence electrons. The third-order valence-electron chi connectivity index (χ3n) is 2.79. The van der Waals surface area contributed by atoms with E-state index in [0.717, 1.165) is 25.9 Å². The molecule has 0 radical (unpaired) electrons. The van der Waals surface area contributed by atoms with Gasteiger partial charge in [-0.1, -0.05) is 0 Å². The number of hydrogen-bond donors (Lipinski definition) is 0. The van der Waals surface area contributed by atoms with Crippen LogP contribution in [0.4, 0.5) is 0 Å². The van der Waals surface area contributed by atoms with E-state index < -0.39 is 0 Å². The molecule has 0 N–H and O–H groups in total. The van der Waals surface area contributed by atoms with Crippen molar-refractivity contribution in [1.82, 2.24) is 4.90 Å². The van der Waals surface area contributed by atoms with E-state index in [1.54, 1.807) is 0 Å². The Kier molecular flexibility index (Phi) is 2.60. The van der Waals surface area contributed by atoms with E-state index in [1.807, 2.05) is 17.8 Å². The second kappa shape index (κ2) is 3.61. The molecule has 2 aliphatic rings. The van der Waals surface area contributed by atoms with Crippen molar-refractivity contribution in [3.05, 3.63) is 11.8 Å². The maximum absolute atomic E-state index is 11.1. The van der Waals surface area contributed by atoms with Crippen molar-refractivity contribution in [3.8, 4) is 0 Å². The fourth-order valence-corrected chi connectivity index (χ4v) is 3.20. The van der Waals surface area contributed by atoms with Gasteiger partial charge in [-0.3, -0.25) is 4.79 Å². The molecule has 0 bridgehead atoms. The van der Waals surface area contributed by atoms with Crippen LogP contribution in [-0.2, 0) is 4.79 Å². The monoisotopic (exact) mass is 211 g/mol. The third-order valence-corrected chi connectivity index (χ3v) is 4.08. The summed E-state index contributed by atoms with van der Waals surface area (Å²) in [6.07, 6.45) is 3.52. The van der Waals surface area contributed by atoms with Crippen LogP contribution >= 0.6 is 11.8 Å². The number of allylic oxidation sites excluding steroid dienone is 2. The van der Waals surface area contributed by atoms with E-state index >= 15 is 0 Å². The second-order valence-corrected chi connectivity index (χ2v) is 6.43. The van der Waals surface area contributed by atoms with E-state index in [-0.39, 0.29) is 0 Å². The molecule has 1 fully saturated rings. The molecule has 0 atom stereocenters. The number of hydrogen-bond acceptors (Lipinski definition) is 3. The SMILES string of the molecule is CC1(C)CN(C2=CC(=O)CC2)CCS1. The first-order chi connectivity index (χ1) is 6.57. The van der Waals surface area contributed by atoms with Crippen molar-refractivity contribution in [2.24, 2.45) is 0 Å². The maximum atomic E-state index is 11.1. The van der Waals surface area contributed by atoms with Crippen LogP contribution in [0.5, 0.6) is 0 Å². The summed E-state index contributed by atoms with van der Waals surface area (Å²) in [4.78, 5) is 13.5. The van der Waals surface area contributed by atoms with Crippen molar-refractivity contribution in [2.75, 3.05) is 18.8 Å². The molecule has 1 saturated heterocycles. The van der Waals surface area contributed by atoms with E-state index in [4.69, 9.17) is 0 Å². The molecular weight excluding hydrogens is 194 g/mol. The molecule has 2 rings (SSSR count). The van der Waals surface area contributed by atoms with Crippen LogP contribution < -0.4 is 0 Å². The van der Waals surface area contributed by atoms with Gasteiger partial charge in [-0.2, -0.15) is 11.8 Å². The van der Waals surface area contributed by atoms with Gasteiger partial charge in [0.15, 0.2) is 5.78 Å². The van der Waals surface area contributed by atoms with Gasteiger partial charge in [-0.25, -0.2) is 0 Å². The highest BCUT2D eigenvalue weighted by Crippen LogP contribution is 2.33. The lowest BCUT2D eigenvalue weighted by Crippen LogP contribution is -2.42. The van der Waals surface area contributed by atoms with Crippen LogP contribution in [0.25, 0.3) is 0 Å². The van der Waals surface area contributed by atoms with Crippen LogP contribution in [0.3, 0.4) is 0 Å². The molecule has 0 amide bonds. The summed E-state index contributed by atoms with van der Waals surface area (Å²) in [6.45, 7) is 6.74. The van der Waals surface area contributed by atoms with Gasteiger partial charge in [-0.05, 0) is 20.3 Å². The number of carbonyl (C=O) groups is 1. The normalized spacial score (nSPS) is 26.6. The lowest BCUT2D eigenvalue weighted by Gasteiger charge is -2.39. The van der Waals surface area contributed by atoms with E-state index in [0.29, 0.717) is 10.5 Å². The number of thioether (sulfide) groups is 1. The summed E-state index contributed by atoms with van der Waals surface area (Å²) in [5, 5.41) is 0. The van der Waals surface area contributed by atoms with Gasteiger partial charge in [-0.15, -0.1) is 0 Å². The Bertz CT molecular complexity index is 283. The molecule has 1 aliphatic carbocycles. The zero-order valence-electron chi connectivity index (χ0n) is 8.88. The minimum atomic E-state index is 0.302. The number of rotatable bonds is 1. The number of carbonyl (C=O) groups excluding carboxylic acids is 1. The summed E-state index contributed by atoms with van der Waals surface area (Å²) in [5.74, 6) is 1.48. The zero-order chi connectivity index (χ0) is 10.2. The average Bonchev–Trinajstić information content (AvgIpc) is 2.50. The Morgan fingerprint density at radius 1 is 1.43 bits per heavy atom. The molecular formula is C11H17NOS. The van der Waals surface area contributed by atoms with Gasteiger partial charge in [0.05, 0.1) is 0 Å². The lowest BCUT2D eigenvalue weighted by molar-refractivity contribution is -0.114. The summed E-state index contributed by atoms with van der Waals surface area (Å²) in [7, 11) is 0. The van der Waals surface area contributed by atoms with Crippen LogP contribution in [0.2, 0.25) is 0 Å². The van der Waals surface area contributed by atoms with Gasteiger partial charge in [0.1, 0.15) is 0 Å². The third kappa shape index (κ3) is 2.14. The van der Waals surface area contributed by atoms with Crippen LogP contribution in [-0.4, -0.2) is 34.3 Å². The Morgan fingerprint density at radius 2 is 2.21 bits per heavy atom. The Hall–Kier alpha value is -0.440. The largest absolute Gasteiger partial charge is 0.373 e. The summed E-state index contributed by atoms with van der Waals surface area (Å²) >= 11 is 2.03. The van der Waals surface area contributed by atoms with E-state index in [2.05, 4.69) is 18.7 Å². The molecule has 1 heterocycles. The van der Waals surface area contributed by atoms with Crippen molar-refractivity contribution < 1.29 is 4.79 Å². The Balaban J connectivity index is 2.05. The highest BCUT2D eigenvalue weighted by Gasteiger charge is 2.29. The van der Waals surface area contributed by atoms with Gasteiger partial charge >= 0.3 is 0 Å². The predicted octanol–water partition coefficient (Wildman–Crippen LogP) is 2.06. The highest BCUT2D eigenvalue weighted by molar-refractivity contribution is 8.00. The van der Waals surface area contributed by atoms with Crippen molar-refractivity contribution >= 4 is 17.5 Å². The molecule has 2 nitrogen and oxygen atoms in total. The lowest BCUT2D eigenvalue weighted by atomic mass is 10.1. The predicted molar refractivity (Wildman–Crippen MR) is 60.4 cm³/mol.